The molecule has 3 aromatic rings. The lowest BCUT2D eigenvalue weighted by atomic mass is 9.96. The number of halogens is 1. The maximum Gasteiger partial charge on any atom is 0.191 e. The van der Waals surface area contributed by atoms with Gasteiger partial charge in [0.2, 0.25) is 0 Å². The van der Waals surface area contributed by atoms with E-state index in [-0.39, 0.29) is 24.0 Å². The van der Waals surface area contributed by atoms with E-state index in [1.807, 2.05) is 62.1 Å². The summed E-state index contributed by atoms with van der Waals surface area (Å²) in [6.07, 6.45) is 3.84. The van der Waals surface area contributed by atoms with Crippen molar-refractivity contribution in [1.29, 1.82) is 0 Å². The molecule has 3 N–H and O–H groups in total. The lowest BCUT2D eigenvalue weighted by molar-refractivity contribution is 0.0601. The summed E-state index contributed by atoms with van der Waals surface area (Å²) in [6.45, 7) is 9.79. The van der Waals surface area contributed by atoms with E-state index in [1.165, 1.54) is 5.56 Å². The number of benzene rings is 1. The Labute approximate surface area is 201 Å². The average molecular weight is 537 g/mol. The topological polar surface area (TPSA) is 87.6 Å². The largest absolute Gasteiger partial charge is 0.466 e. The van der Waals surface area contributed by atoms with Crippen molar-refractivity contribution < 1.29 is 9.52 Å². The van der Waals surface area contributed by atoms with Crippen LogP contribution in [0, 0.1) is 13.8 Å². The number of furan rings is 1. The van der Waals surface area contributed by atoms with E-state index in [0.29, 0.717) is 19.0 Å². The first-order chi connectivity index (χ1) is 14.4. The number of aliphatic hydroxyl groups is 1. The Bertz CT molecular complexity index is 979. The maximum atomic E-state index is 10.9. The molecule has 0 spiro atoms. The third-order valence-corrected chi connectivity index (χ3v) is 4.86. The minimum Gasteiger partial charge on any atom is -0.466 e. The maximum absolute atomic E-state index is 10.9. The number of guanidine groups is 1. The Morgan fingerprint density at radius 2 is 1.94 bits per heavy atom. The zero-order valence-corrected chi connectivity index (χ0v) is 20.9. The summed E-state index contributed by atoms with van der Waals surface area (Å²) >= 11 is 0. The fourth-order valence-electron chi connectivity index (χ4n) is 3.37. The summed E-state index contributed by atoms with van der Waals surface area (Å²) in [5, 5.41) is 21.8. The van der Waals surface area contributed by atoms with Crippen LogP contribution < -0.4 is 10.6 Å². The molecule has 3 rings (SSSR count). The van der Waals surface area contributed by atoms with Crippen LogP contribution in [0.3, 0.4) is 0 Å². The first kappa shape index (κ1) is 24.9. The fraction of sp³-hybridized carbons (Fsp3) is 0.391. The summed E-state index contributed by atoms with van der Waals surface area (Å²) in [5.74, 6) is 2.16. The van der Waals surface area contributed by atoms with Crippen LogP contribution >= 0.6 is 24.0 Å². The number of aromatic nitrogens is 2. The second kappa shape index (κ2) is 11.3. The lowest BCUT2D eigenvalue weighted by Gasteiger charge is -2.24. The molecule has 1 unspecified atom stereocenters. The van der Waals surface area contributed by atoms with Crippen molar-refractivity contribution in [3.63, 3.8) is 0 Å². The Balaban J connectivity index is 0.00000341. The molecule has 0 fully saturated rings. The van der Waals surface area contributed by atoms with Crippen LogP contribution in [0.5, 0.6) is 0 Å². The predicted molar refractivity (Wildman–Crippen MR) is 134 cm³/mol. The lowest BCUT2D eigenvalue weighted by Crippen LogP contribution is -2.44. The van der Waals surface area contributed by atoms with Crippen molar-refractivity contribution >= 4 is 29.9 Å². The number of aliphatic imine (C=N–C) groups is 1. The van der Waals surface area contributed by atoms with E-state index in [0.717, 1.165) is 35.7 Å². The molecule has 0 aliphatic rings. The van der Waals surface area contributed by atoms with Gasteiger partial charge in [-0.25, -0.2) is 4.99 Å². The molecule has 31 heavy (non-hydrogen) atoms. The van der Waals surface area contributed by atoms with Gasteiger partial charge in [0, 0.05) is 23.9 Å². The highest BCUT2D eigenvalue weighted by molar-refractivity contribution is 14.0. The molecule has 0 saturated heterocycles. The molecule has 0 aliphatic carbocycles. The Hall–Kier alpha value is -2.33. The Morgan fingerprint density at radius 1 is 1.19 bits per heavy atom. The molecule has 2 aromatic heterocycles. The average Bonchev–Trinajstić information content (AvgIpc) is 3.30. The normalized spacial score (nSPS) is 13.4. The van der Waals surface area contributed by atoms with Crippen LogP contribution in [0.2, 0.25) is 0 Å². The molecule has 0 bridgehead atoms. The van der Waals surface area contributed by atoms with E-state index in [1.54, 1.807) is 6.92 Å². The highest BCUT2D eigenvalue weighted by Gasteiger charge is 2.27. The second-order valence-corrected chi connectivity index (χ2v) is 7.68. The number of hydrogen-bond acceptors (Lipinski definition) is 4. The van der Waals surface area contributed by atoms with Gasteiger partial charge in [-0.05, 0) is 39.3 Å². The quantitative estimate of drug-likeness (QED) is 0.232. The molecule has 0 saturated carbocycles. The van der Waals surface area contributed by atoms with Gasteiger partial charge in [-0.15, -0.1) is 24.0 Å². The monoisotopic (exact) mass is 537 g/mol. The molecule has 1 aromatic carbocycles. The van der Waals surface area contributed by atoms with Gasteiger partial charge in [-0.1, -0.05) is 30.3 Å². The molecule has 8 heteroatoms. The summed E-state index contributed by atoms with van der Waals surface area (Å²) in [7, 11) is 0. The SMILES string of the molecule is CCNC(=NCc1cnn(Cc2ccccc2)c1)NCC(C)(O)c1cc(C)oc1C.I. The molecular formula is C23H32IN5O2. The van der Waals surface area contributed by atoms with Crippen molar-refractivity contribution in [2.45, 2.75) is 46.4 Å². The third-order valence-electron chi connectivity index (χ3n) is 4.86. The van der Waals surface area contributed by atoms with Gasteiger partial charge in [-0.3, -0.25) is 4.68 Å². The van der Waals surface area contributed by atoms with Gasteiger partial charge in [0.15, 0.2) is 5.96 Å². The van der Waals surface area contributed by atoms with Crippen LogP contribution in [0.25, 0.3) is 0 Å². The van der Waals surface area contributed by atoms with Crippen molar-refractivity contribution in [1.82, 2.24) is 20.4 Å². The van der Waals surface area contributed by atoms with Crippen LogP contribution in [-0.4, -0.2) is 33.9 Å². The zero-order valence-electron chi connectivity index (χ0n) is 18.6. The van der Waals surface area contributed by atoms with Crippen molar-refractivity contribution in [2.75, 3.05) is 13.1 Å². The van der Waals surface area contributed by atoms with Crippen molar-refractivity contribution in [3.8, 4) is 0 Å². The van der Waals surface area contributed by atoms with E-state index in [9.17, 15) is 5.11 Å². The summed E-state index contributed by atoms with van der Waals surface area (Å²) < 4.78 is 7.47. The first-order valence-electron chi connectivity index (χ1n) is 10.2. The van der Waals surface area contributed by atoms with Crippen LogP contribution in [-0.2, 0) is 18.7 Å². The van der Waals surface area contributed by atoms with Crippen LogP contribution in [0.4, 0.5) is 0 Å². The fourth-order valence-corrected chi connectivity index (χ4v) is 3.37. The molecule has 0 aliphatic heterocycles. The second-order valence-electron chi connectivity index (χ2n) is 7.68. The Morgan fingerprint density at radius 3 is 2.58 bits per heavy atom. The van der Waals surface area contributed by atoms with E-state index in [4.69, 9.17) is 4.42 Å². The third kappa shape index (κ3) is 7.10. The number of hydrogen-bond donors (Lipinski definition) is 3. The number of nitrogens with zero attached hydrogens (tertiary/aromatic N) is 3. The zero-order chi connectivity index (χ0) is 21.6. The molecule has 168 valence electrons. The number of nitrogens with one attached hydrogen (secondary N) is 2. The van der Waals surface area contributed by atoms with E-state index >= 15 is 0 Å². The van der Waals surface area contributed by atoms with Gasteiger partial charge in [-0.2, -0.15) is 5.10 Å². The molecule has 1 atom stereocenters. The van der Waals surface area contributed by atoms with Gasteiger partial charge in [0.05, 0.1) is 25.8 Å². The summed E-state index contributed by atoms with van der Waals surface area (Å²) in [6, 6.07) is 12.1. The van der Waals surface area contributed by atoms with Crippen molar-refractivity contribution in [3.05, 3.63) is 77.0 Å². The number of rotatable bonds is 8. The highest BCUT2D eigenvalue weighted by Crippen LogP contribution is 2.26. The van der Waals surface area contributed by atoms with Gasteiger partial charge < -0.3 is 20.2 Å². The van der Waals surface area contributed by atoms with Crippen LogP contribution in [0.15, 0.2) is 58.2 Å². The molecule has 7 nitrogen and oxygen atoms in total. The summed E-state index contributed by atoms with van der Waals surface area (Å²) in [4.78, 5) is 4.64. The smallest absolute Gasteiger partial charge is 0.191 e. The van der Waals surface area contributed by atoms with Crippen molar-refractivity contribution in [2.24, 2.45) is 4.99 Å². The summed E-state index contributed by atoms with van der Waals surface area (Å²) in [5.41, 5.74) is 1.94. The molecule has 0 radical (unpaired) electrons. The number of aryl methyl sites for hydroxylation is 2. The van der Waals surface area contributed by atoms with E-state index in [2.05, 4.69) is 32.9 Å². The van der Waals surface area contributed by atoms with Gasteiger partial charge in [0.1, 0.15) is 17.1 Å². The highest BCUT2D eigenvalue weighted by atomic mass is 127. The minimum atomic E-state index is -1.07. The predicted octanol–water partition coefficient (Wildman–Crippen LogP) is 3.72. The molecule has 2 heterocycles. The standard InChI is InChI=1S/C23H31N5O2.HI/c1-5-24-22(26-16-23(4,29)21-11-17(2)30-18(21)3)25-12-20-13-27-28(15-20)14-19-9-7-6-8-10-19;/h6-11,13,15,29H,5,12,14,16H2,1-4H3,(H2,24,25,26);1H. The minimum absolute atomic E-state index is 0. The first-order valence-corrected chi connectivity index (χ1v) is 10.2. The Kier molecular flexibility index (Phi) is 9.12. The van der Waals surface area contributed by atoms with Gasteiger partial charge in [0.25, 0.3) is 0 Å². The van der Waals surface area contributed by atoms with E-state index < -0.39 is 5.60 Å². The molecule has 0 amide bonds. The molecular weight excluding hydrogens is 505 g/mol. The van der Waals surface area contributed by atoms with Crippen LogP contribution in [0.1, 0.15) is 42.1 Å². The van der Waals surface area contributed by atoms with Gasteiger partial charge >= 0.3 is 0 Å².